The van der Waals surface area contributed by atoms with E-state index in [1.807, 2.05) is 38.1 Å². The molecule has 0 spiro atoms. The van der Waals surface area contributed by atoms with E-state index in [-0.39, 0.29) is 6.09 Å². The van der Waals surface area contributed by atoms with Gasteiger partial charge < -0.3 is 14.5 Å². The van der Waals surface area contributed by atoms with Crippen LogP contribution < -0.4 is 4.90 Å². The molecule has 5 heteroatoms. The number of rotatable bonds is 5. The molecule has 2 heterocycles. The number of benzene rings is 2. The fourth-order valence-electron chi connectivity index (χ4n) is 4.87. The number of aromatic nitrogens is 1. The van der Waals surface area contributed by atoms with Crippen LogP contribution in [0.4, 0.5) is 10.5 Å². The lowest BCUT2D eigenvalue weighted by molar-refractivity contribution is 0.0204. The summed E-state index contributed by atoms with van der Waals surface area (Å²) in [5.41, 5.74) is 8.21. The first-order chi connectivity index (χ1) is 17.1. The summed E-state index contributed by atoms with van der Waals surface area (Å²) in [5.74, 6) is 0. The van der Waals surface area contributed by atoms with Crippen LogP contribution >= 0.6 is 0 Å². The largest absolute Gasteiger partial charge is 0.444 e. The normalized spacial score (nSPS) is 14.6. The Labute approximate surface area is 216 Å². The summed E-state index contributed by atoms with van der Waals surface area (Å²) in [5, 5.41) is 0. The molecule has 1 aliphatic heterocycles. The number of hydrogen-bond acceptors (Lipinski definition) is 4. The number of para-hydroxylation sites is 1. The minimum absolute atomic E-state index is 0.215. The minimum atomic E-state index is -0.476. The molecule has 0 radical (unpaired) electrons. The number of nitrogens with zero attached hydrogens (tertiary/aromatic N) is 3. The highest BCUT2D eigenvalue weighted by Gasteiger charge is 2.30. The highest BCUT2D eigenvalue weighted by atomic mass is 16.6. The molecule has 0 bridgehead atoms. The van der Waals surface area contributed by atoms with Crippen LogP contribution in [0.2, 0.25) is 0 Å². The molecule has 2 aromatic carbocycles. The Morgan fingerprint density at radius 2 is 1.61 bits per heavy atom. The van der Waals surface area contributed by atoms with E-state index in [0.717, 1.165) is 24.9 Å². The van der Waals surface area contributed by atoms with Gasteiger partial charge >= 0.3 is 6.09 Å². The maximum atomic E-state index is 12.6. The molecule has 4 rings (SSSR count). The number of amides is 1. The molecule has 1 aliphatic rings. The van der Waals surface area contributed by atoms with Crippen LogP contribution in [0, 0.1) is 20.8 Å². The lowest BCUT2D eigenvalue weighted by atomic mass is 9.96. The summed E-state index contributed by atoms with van der Waals surface area (Å²) in [6.45, 7) is 14.4. The van der Waals surface area contributed by atoms with Gasteiger partial charge in [-0.1, -0.05) is 30.3 Å². The summed E-state index contributed by atoms with van der Waals surface area (Å²) in [6, 6.07) is 17.7. The third-order valence-electron chi connectivity index (χ3n) is 7.05. The molecule has 0 unspecified atom stereocenters. The van der Waals surface area contributed by atoms with Crippen molar-refractivity contribution in [2.75, 3.05) is 18.0 Å². The van der Waals surface area contributed by atoms with Gasteiger partial charge in [-0.3, -0.25) is 4.98 Å². The van der Waals surface area contributed by atoms with Gasteiger partial charge in [0.15, 0.2) is 0 Å². The van der Waals surface area contributed by atoms with E-state index in [4.69, 9.17) is 4.74 Å². The van der Waals surface area contributed by atoms with Crippen LogP contribution in [-0.4, -0.2) is 40.7 Å². The monoisotopic (exact) mass is 485 g/mol. The average molecular weight is 486 g/mol. The molecule has 0 N–H and O–H groups in total. The number of carbonyl (C=O) groups excluding carboxylic acids is 1. The molecule has 5 nitrogen and oxygen atoms in total. The number of aryl methyl sites for hydroxylation is 2. The molecule has 1 amide bonds. The zero-order valence-corrected chi connectivity index (χ0v) is 22.5. The third-order valence-corrected chi connectivity index (χ3v) is 7.05. The quantitative estimate of drug-likeness (QED) is 0.387. The maximum Gasteiger partial charge on any atom is 0.410 e. The van der Waals surface area contributed by atoms with Crippen molar-refractivity contribution in [3.8, 4) is 11.1 Å². The standard InChI is InChI=1S/C31H39N3O2/c1-22-16-26(17-23(2)24(22)3)27-18-25(19-32-20-27)21-34(28-10-8-7-9-11-28)29-12-14-33(15-13-29)30(35)36-31(4,5)6/h7-11,16-20,29H,12-15,21H2,1-6H3. The van der Waals surface area contributed by atoms with Crippen molar-refractivity contribution < 1.29 is 9.53 Å². The fraction of sp³-hybridized carbons (Fsp3) is 0.419. The molecule has 1 aromatic heterocycles. The van der Waals surface area contributed by atoms with E-state index in [9.17, 15) is 4.79 Å². The van der Waals surface area contributed by atoms with E-state index in [2.05, 4.69) is 79.2 Å². The number of anilines is 1. The number of pyridine rings is 1. The SMILES string of the molecule is Cc1cc(-c2cncc(CN(c3ccccc3)C3CCN(C(=O)OC(C)(C)C)CC3)c2)cc(C)c1C. The molecule has 36 heavy (non-hydrogen) atoms. The number of carbonyl (C=O) groups is 1. The second kappa shape index (κ2) is 10.7. The fourth-order valence-corrected chi connectivity index (χ4v) is 4.87. The van der Waals surface area contributed by atoms with E-state index in [0.29, 0.717) is 19.1 Å². The first-order valence-electron chi connectivity index (χ1n) is 12.9. The van der Waals surface area contributed by atoms with Crippen molar-refractivity contribution in [2.24, 2.45) is 0 Å². The topological polar surface area (TPSA) is 45.7 Å². The van der Waals surface area contributed by atoms with Gasteiger partial charge in [0.2, 0.25) is 0 Å². The zero-order valence-electron chi connectivity index (χ0n) is 22.5. The van der Waals surface area contributed by atoms with Crippen LogP contribution in [0.5, 0.6) is 0 Å². The predicted octanol–water partition coefficient (Wildman–Crippen LogP) is 7.08. The van der Waals surface area contributed by atoms with Crippen LogP contribution in [0.25, 0.3) is 11.1 Å². The van der Waals surface area contributed by atoms with E-state index in [1.165, 1.54) is 33.5 Å². The lowest BCUT2D eigenvalue weighted by Gasteiger charge is -2.40. The van der Waals surface area contributed by atoms with Gasteiger partial charge in [0.05, 0.1) is 0 Å². The second-order valence-electron chi connectivity index (χ2n) is 11.0. The van der Waals surface area contributed by atoms with Crippen LogP contribution in [0.15, 0.2) is 60.9 Å². The highest BCUT2D eigenvalue weighted by Crippen LogP contribution is 2.29. The van der Waals surface area contributed by atoms with Crippen molar-refractivity contribution in [3.05, 3.63) is 83.2 Å². The van der Waals surface area contributed by atoms with Crippen LogP contribution in [0.1, 0.15) is 55.9 Å². The van der Waals surface area contributed by atoms with E-state index in [1.54, 1.807) is 0 Å². The maximum absolute atomic E-state index is 12.6. The summed E-state index contributed by atoms with van der Waals surface area (Å²) < 4.78 is 5.60. The molecular weight excluding hydrogens is 446 g/mol. The van der Waals surface area contributed by atoms with E-state index < -0.39 is 5.60 Å². The summed E-state index contributed by atoms with van der Waals surface area (Å²) in [6.07, 6.45) is 5.52. The number of piperidine rings is 1. The third kappa shape index (κ3) is 6.26. The summed E-state index contributed by atoms with van der Waals surface area (Å²) in [4.78, 5) is 21.5. The number of hydrogen-bond donors (Lipinski definition) is 0. The van der Waals surface area contributed by atoms with Crippen molar-refractivity contribution >= 4 is 11.8 Å². The minimum Gasteiger partial charge on any atom is -0.444 e. The molecule has 190 valence electrons. The molecule has 3 aromatic rings. The summed E-state index contributed by atoms with van der Waals surface area (Å²) in [7, 11) is 0. The Bertz CT molecular complexity index is 1170. The van der Waals surface area contributed by atoms with Crippen molar-refractivity contribution in [1.82, 2.24) is 9.88 Å². The number of ether oxygens (including phenoxy) is 1. The Morgan fingerprint density at radius 3 is 2.22 bits per heavy atom. The molecule has 0 saturated carbocycles. The summed E-state index contributed by atoms with van der Waals surface area (Å²) >= 11 is 0. The Balaban J connectivity index is 1.54. The molecule has 0 atom stereocenters. The average Bonchev–Trinajstić information content (AvgIpc) is 2.85. The Hall–Kier alpha value is -3.34. The Kier molecular flexibility index (Phi) is 7.67. The van der Waals surface area contributed by atoms with Gasteiger partial charge in [-0.05, 0) is 100 Å². The van der Waals surface area contributed by atoms with Gasteiger partial charge in [-0.15, -0.1) is 0 Å². The molecule has 1 saturated heterocycles. The van der Waals surface area contributed by atoms with Gasteiger partial charge in [-0.2, -0.15) is 0 Å². The van der Waals surface area contributed by atoms with Gasteiger partial charge in [-0.25, -0.2) is 4.79 Å². The van der Waals surface area contributed by atoms with Crippen molar-refractivity contribution in [2.45, 2.75) is 72.6 Å². The van der Waals surface area contributed by atoms with Crippen LogP contribution in [-0.2, 0) is 11.3 Å². The zero-order chi connectivity index (χ0) is 25.9. The first-order valence-corrected chi connectivity index (χ1v) is 12.9. The van der Waals surface area contributed by atoms with Gasteiger partial charge in [0, 0.05) is 49.3 Å². The van der Waals surface area contributed by atoms with Gasteiger partial charge in [0.25, 0.3) is 0 Å². The van der Waals surface area contributed by atoms with E-state index >= 15 is 0 Å². The smallest absolute Gasteiger partial charge is 0.410 e. The second-order valence-corrected chi connectivity index (χ2v) is 11.0. The molecular formula is C31H39N3O2. The molecule has 1 fully saturated rings. The first kappa shape index (κ1) is 25.7. The Morgan fingerprint density at radius 1 is 0.972 bits per heavy atom. The van der Waals surface area contributed by atoms with Gasteiger partial charge in [0.1, 0.15) is 5.60 Å². The molecule has 0 aliphatic carbocycles. The van der Waals surface area contributed by atoms with Crippen LogP contribution in [0.3, 0.4) is 0 Å². The highest BCUT2D eigenvalue weighted by molar-refractivity contribution is 5.68. The predicted molar refractivity (Wildman–Crippen MR) is 147 cm³/mol. The lowest BCUT2D eigenvalue weighted by Crippen LogP contribution is -2.48. The van der Waals surface area contributed by atoms with Crippen molar-refractivity contribution in [3.63, 3.8) is 0 Å². The number of likely N-dealkylation sites (tertiary alicyclic amines) is 1. The van der Waals surface area contributed by atoms with Crippen molar-refractivity contribution in [1.29, 1.82) is 0 Å².